The summed E-state index contributed by atoms with van der Waals surface area (Å²) in [5, 5.41) is 13.4. The molecule has 8 nitrogen and oxygen atoms in total. The Kier molecular flexibility index (Phi) is 6.32. The normalized spacial score (nSPS) is 14.7. The number of hydrogen-bond acceptors (Lipinski definition) is 6. The molecule has 1 aliphatic heterocycles. The van der Waals surface area contributed by atoms with Gasteiger partial charge in [-0.05, 0) is 43.2 Å². The molecule has 1 N–H and O–H groups in total. The van der Waals surface area contributed by atoms with Crippen LogP contribution in [0, 0.1) is 10.1 Å². The number of carbonyl (C=O) groups is 1. The molecule has 28 heavy (non-hydrogen) atoms. The highest BCUT2D eigenvalue weighted by atomic mass is 32.2. The zero-order chi connectivity index (χ0) is 20.1. The van der Waals surface area contributed by atoms with E-state index >= 15 is 0 Å². The van der Waals surface area contributed by atoms with Crippen molar-refractivity contribution in [1.29, 1.82) is 0 Å². The molecule has 0 unspecified atom stereocenters. The Balaban J connectivity index is 1.57. The van der Waals surface area contributed by atoms with Gasteiger partial charge in [-0.2, -0.15) is 4.31 Å². The average molecular weight is 422 g/mol. The Labute approximate surface area is 167 Å². The highest BCUT2D eigenvalue weighted by Crippen LogP contribution is 2.25. The summed E-state index contributed by atoms with van der Waals surface area (Å²) >= 11 is 1.26. The van der Waals surface area contributed by atoms with Gasteiger partial charge in [0, 0.05) is 35.8 Å². The van der Waals surface area contributed by atoms with Crippen molar-refractivity contribution < 1.29 is 18.1 Å². The number of nitrogens with zero attached hydrogens (tertiary/aromatic N) is 2. The molecule has 0 saturated carbocycles. The van der Waals surface area contributed by atoms with E-state index in [0.29, 0.717) is 18.8 Å². The number of nitrogens with one attached hydrogen (secondary N) is 1. The second kappa shape index (κ2) is 8.72. The molecule has 2 aromatic carbocycles. The summed E-state index contributed by atoms with van der Waals surface area (Å²) in [6.45, 7) is 1.10. The molecule has 0 spiro atoms. The predicted octanol–water partition coefficient (Wildman–Crippen LogP) is 3.11. The van der Waals surface area contributed by atoms with Crippen molar-refractivity contribution in [3.05, 3.63) is 58.6 Å². The molecular weight excluding hydrogens is 402 g/mol. The van der Waals surface area contributed by atoms with Crippen molar-refractivity contribution in [2.75, 3.05) is 24.2 Å². The first-order chi connectivity index (χ1) is 13.4. The lowest BCUT2D eigenvalue weighted by Gasteiger charge is -2.15. The van der Waals surface area contributed by atoms with Gasteiger partial charge in [0.05, 0.1) is 15.6 Å². The van der Waals surface area contributed by atoms with Crippen LogP contribution in [0.15, 0.2) is 58.3 Å². The molecule has 1 aliphatic rings. The van der Waals surface area contributed by atoms with Crippen LogP contribution in [0.3, 0.4) is 0 Å². The first kappa shape index (κ1) is 20.3. The fourth-order valence-electron chi connectivity index (χ4n) is 2.83. The van der Waals surface area contributed by atoms with Crippen LogP contribution in [0.1, 0.15) is 12.8 Å². The highest BCUT2D eigenvalue weighted by molar-refractivity contribution is 8.00. The third-order valence-electron chi connectivity index (χ3n) is 4.24. The van der Waals surface area contributed by atoms with Crippen LogP contribution in [0.25, 0.3) is 0 Å². The maximum atomic E-state index is 12.5. The Hall–Kier alpha value is -2.43. The first-order valence-corrected chi connectivity index (χ1v) is 11.1. The SMILES string of the molecule is O=C(CSc1ccc(S(=O)(=O)N2CCCC2)cc1)Nc1cccc([N+](=O)[O-])c1. The Bertz CT molecular complexity index is 971. The van der Waals surface area contributed by atoms with E-state index in [1.54, 1.807) is 30.3 Å². The van der Waals surface area contributed by atoms with Crippen LogP contribution in [0.2, 0.25) is 0 Å². The third-order valence-corrected chi connectivity index (χ3v) is 7.16. The molecule has 2 aromatic rings. The molecule has 148 valence electrons. The summed E-state index contributed by atoms with van der Waals surface area (Å²) in [6, 6.07) is 12.2. The third kappa shape index (κ3) is 4.89. The molecule has 3 rings (SSSR count). The summed E-state index contributed by atoms with van der Waals surface area (Å²) in [4.78, 5) is 23.3. The molecule has 0 atom stereocenters. The Morgan fingerprint density at radius 1 is 1.14 bits per heavy atom. The number of carbonyl (C=O) groups excluding carboxylic acids is 1. The molecule has 10 heteroatoms. The van der Waals surface area contributed by atoms with Crippen molar-refractivity contribution >= 4 is 39.1 Å². The number of benzene rings is 2. The summed E-state index contributed by atoms with van der Waals surface area (Å²) in [6.07, 6.45) is 1.76. The minimum atomic E-state index is -3.45. The van der Waals surface area contributed by atoms with Gasteiger partial charge in [-0.25, -0.2) is 8.42 Å². The van der Waals surface area contributed by atoms with Gasteiger partial charge in [0.15, 0.2) is 0 Å². The number of rotatable bonds is 7. The summed E-state index contributed by atoms with van der Waals surface area (Å²) < 4.78 is 26.5. The van der Waals surface area contributed by atoms with Crippen molar-refractivity contribution in [1.82, 2.24) is 4.31 Å². The molecule has 1 heterocycles. The van der Waals surface area contributed by atoms with Gasteiger partial charge in [0.1, 0.15) is 0 Å². The maximum absolute atomic E-state index is 12.5. The largest absolute Gasteiger partial charge is 0.325 e. The van der Waals surface area contributed by atoms with Gasteiger partial charge >= 0.3 is 0 Å². The minimum Gasteiger partial charge on any atom is -0.325 e. The van der Waals surface area contributed by atoms with Crippen molar-refractivity contribution in [3.63, 3.8) is 0 Å². The Morgan fingerprint density at radius 3 is 2.46 bits per heavy atom. The van der Waals surface area contributed by atoms with Gasteiger partial charge < -0.3 is 5.32 Å². The molecule has 0 bridgehead atoms. The van der Waals surface area contributed by atoms with Gasteiger partial charge in [0.2, 0.25) is 15.9 Å². The predicted molar refractivity (Wildman–Crippen MR) is 107 cm³/mol. The van der Waals surface area contributed by atoms with Gasteiger partial charge in [-0.1, -0.05) is 6.07 Å². The molecule has 0 aromatic heterocycles. The van der Waals surface area contributed by atoms with Crippen molar-refractivity contribution in [2.45, 2.75) is 22.6 Å². The lowest BCUT2D eigenvalue weighted by molar-refractivity contribution is -0.384. The molecule has 1 saturated heterocycles. The molecule has 1 amide bonds. The Morgan fingerprint density at radius 2 is 1.82 bits per heavy atom. The monoisotopic (exact) mass is 421 g/mol. The lowest BCUT2D eigenvalue weighted by Crippen LogP contribution is -2.27. The number of amides is 1. The first-order valence-electron chi connectivity index (χ1n) is 8.63. The van der Waals surface area contributed by atoms with Crippen LogP contribution in [0.5, 0.6) is 0 Å². The number of thioether (sulfide) groups is 1. The number of nitro groups is 1. The van der Waals surface area contributed by atoms with Crippen LogP contribution in [-0.4, -0.2) is 42.4 Å². The van der Waals surface area contributed by atoms with Crippen molar-refractivity contribution in [2.24, 2.45) is 0 Å². The van der Waals surface area contributed by atoms with E-state index in [4.69, 9.17) is 0 Å². The molecular formula is C18H19N3O5S2. The molecule has 0 aliphatic carbocycles. The number of hydrogen-bond donors (Lipinski definition) is 1. The van der Waals surface area contributed by atoms with E-state index in [1.807, 2.05) is 0 Å². The number of non-ortho nitro benzene ring substituents is 1. The second-order valence-electron chi connectivity index (χ2n) is 6.23. The molecule has 1 fully saturated rings. The minimum absolute atomic E-state index is 0.0970. The number of anilines is 1. The van der Waals surface area contributed by atoms with Gasteiger partial charge in [-0.3, -0.25) is 14.9 Å². The summed E-state index contributed by atoms with van der Waals surface area (Å²) in [7, 11) is -3.45. The summed E-state index contributed by atoms with van der Waals surface area (Å²) in [5.41, 5.74) is 0.257. The number of sulfonamides is 1. The van der Waals surface area contributed by atoms with E-state index in [1.165, 1.54) is 34.3 Å². The zero-order valence-electron chi connectivity index (χ0n) is 14.9. The van der Waals surface area contributed by atoms with Gasteiger partial charge in [-0.15, -0.1) is 11.8 Å². The highest BCUT2D eigenvalue weighted by Gasteiger charge is 2.26. The zero-order valence-corrected chi connectivity index (χ0v) is 16.5. The van der Waals surface area contributed by atoms with Crippen molar-refractivity contribution in [3.8, 4) is 0 Å². The molecule has 0 radical (unpaired) electrons. The van der Waals surface area contributed by atoms with Crippen LogP contribution >= 0.6 is 11.8 Å². The quantitative estimate of drug-likeness (QED) is 0.418. The fraction of sp³-hybridized carbons (Fsp3) is 0.278. The van der Waals surface area contributed by atoms with E-state index in [9.17, 15) is 23.3 Å². The van der Waals surface area contributed by atoms with Gasteiger partial charge in [0.25, 0.3) is 5.69 Å². The standard InChI is InChI=1S/C18H19N3O5S2/c22-18(19-14-4-3-5-15(12-14)21(23)24)13-27-16-6-8-17(9-7-16)28(25,26)20-10-1-2-11-20/h3-9,12H,1-2,10-11,13H2,(H,19,22). The van der Waals surface area contributed by atoms with E-state index < -0.39 is 14.9 Å². The fourth-order valence-corrected chi connectivity index (χ4v) is 5.04. The van der Waals surface area contributed by atoms with E-state index in [-0.39, 0.29) is 22.2 Å². The van der Waals surface area contributed by atoms with Crippen LogP contribution < -0.4 is 5.32 Å². The van der Waals surface area contributed by atoms with Crippen LogP contribution in [-0.2, 0) is 14.8 Å². The van der Waals surface area contributed by atoms with E-state index in [2.05, 4.69) is 5.32 Å². The second-order valence-corrected chi connectivity index (χ2v) is 9.21. The van der Waals surface area contributed by atoms with Crippen LogP contribution in [0.4, 0.5) is 11.4 Å². The topological polar surface area (TPSA) is 110 Å². The summed E-state index contributed by atoms with van der Waals surface area (Å²) in [5.74, 6) is -0.208. The van der Waals surface area contributed by atoms with E-state index in [0.717, 1.165) is 17.7 Å². The average Bonchev–Trinajstić information content (AvgIpc) is 3.22. The smallest absolute Gasteiger partial charge is 0.271 e. The maximum Gasteiger partial charge on any atom is 0.271 e. The lowest BCUT2D eigenvalue weighted by atomic mass is 10.3. The number of nitro benzene ring substituents is 1.